The summed E-state index contributed by atoms with van der Waals surface area (Å²) >= 11 is 0. The predicted octanol–water partition coefficient (Wildman–Crippen LogP) is 8.68. The molecule has 118 heavy (non-hydrogen) atoms. The molecule has 0 saturated carbocycles. The van der Waals surface area contributed by atoms with Crippen molar-refractivity contribution < 1.29 is 89.8 Å². The number of likely N-dealkylation sites (N-methyl/N-ethyl adjacent to an activating group) is 5. The summed E-state index contributed by atoms with van der Waals surface area (Å²) in [5.41, 5.74) is 1.15. The number of rotatable bonds is 15. The molecule has 35 heteroatoms. The molecule has 0 unspecified atom stereocenters. The molecular formula is C83H106N30O5. The van der Waals surface area contributed by atoms with Crippen LogP contribution in [0.1, 0.15) is 149 Å². The minimum atomic E-state index is -4.30. The summed E-state index contributed by atoms with van der Waals surface area (Å²) < 4.78 is 400. The molecular weight excluding hydrogens is 1500 g/mol. The van der Waals surface area contributed by atoms with Crippen molar-refractivity contribution in [3.05, 3.63) is 148 Å². The molecule has 0 aliphatic carbocycles. The number of anilines is 5. The van der Waals surface area contributed by atoms with Crippen LogP contribution in [-0.4, -0.2) is 292 Å². The molecule has 10 aromatic rings. The summed E-state index contributed by atoms with van der Waals surface area (Å²) in [4.78, 5) is 137. The molecule has 0 radical (unpaired) electrons. The molecule has 5 aliphatic rings. The Balaban J connectivity index is 0.000000196. The fraction of sp³-hybridized carbons (Fsp3) is 0.518. The molecule has 15 rings (SSSR count). The lowest BCUT2D eigenvalue weighted by Crippen LogP contribution is -2.53. The predicted molar refractivity (Wildman–Crippen MR) is 454 cm³/mol. The van der Waals surface area contributed by atoms with Crippen LogP contribution in [0.15, 0.2) is 74.2 Å². The van der Waals surface area contributed by atoms with Crippen LogP contribution in [-0.2, 0) is 24.0 Å². The van der Waals surface area contributed by atoms with E-state index in [1.54, 1.807) is 40.2 Å². The zero-order valence-electron chi connectivity index (χ0n) is 112. The Kier molecular flexibility index (Phi) is 14.1. The van der Waals surface area contributed by atoms with E-state index in [9.17, 15) is 26.7 Å². The highest BCUT2D eigenvalue weighted by molar-refractivity contribution is 5.92. The van der Waals surface area contributed by atoms with E-state index in [2.05, 4.69) is 106 Å². The van der Waals surface area contributed by atoms with Crippen molar-refractivity contribution in [2.75, 3.05) is 157 Å². The first-order valence-electron chi connectivity index (χ1n) is 59.2. The number of nitrogens with one attached hydrogen (secondary N) is 5. The minimum absolute atomic E-state index is 0.0207. The van der Waals surface area contributed by atoms with Crippen LogP contribution in [0.25, 0.3) is 79.4 Å². The van der Waals surface area contributed by atoms with Gasteiger partial charge in [0.15, 0.2) is 0 Å². The van der Waals surface area contributed by atoms with Gasteiger partial charge in [-0.15, -0.1) is 0 Å². The SMILES string of the molecule is [2H]c1c(C)[nH]c2ncnc(N(C([2H])([2H])[2H])[C@@]3([2H])C([2H])([2H])N(C(=O)C[N+]#[C-])C([2H])([2H])C([2H])([2H])[C@@]3([2H])C([2H])([2H])[2H])c12.[2H]c1c(C)[nH]c2ncnc(N(C([2H])([2H])[2H])[C@]3([2H])[C@H](C([2H])([2H])[2H])C([2H])([2H])C([2H])([2H])N(C(=O)C[N+]#[C-])C3([2H])[2H])c12.[2H]c1c(C)[nH]c2ncnc(N([C@H]3C([2H])([2H])N(C(=O)C[N+]#[C-])C([2H])([2H])C([2H])([2H])[C@@]3([2H])C([2H])([2H])[2H])C([2H])([2H])[2H])c12.[2H]c1nc(N(C)[C@H]2CN(C(=O)C[N+]#[C-])CC[C@H]2C([2H])([2H])[2H])c2cc[nH]c2n1.[2H]c1nc(N(C)[C@H]2CN(C(=O)C[N+]#[C-])CC[C@H]2C)c2cc[nH]c2n1. The van der Waals surface area contributed by atoms with Gasteiger partial charge in [0.05, 0.1) is 72.2 Å². The van der Waals surface area contributed by atoms with Crippen molar-refractivity contribution in [3.8, 4) is 0 Å². The number of fused-ring (bicyclic) bond motifs is 5. The minimum Gasteiger partial charge on any atom is -0.354 e. The number of hydrogen-bond donors (Lipinski definition) is 5. The lowest BCUT2D eigenvalue weighted by atomic mass is 9.92. The maximum atomic E-state index is 12.9. The van der Waals surface area contributed by atoms with Gasteiger partial charge < -0.3 is 98.1 Å². The molecule has 5 fully saturated rings. The van der Waals surface area contributed by atoms with Crippen molar-refractivity contribution in [2.24, 2.45) is 29.5 Å². The molecule has 10 aromatic heterocycles. The number of likely N-dealkylation sites (tertiary alicyclic amines) is 5. The number of H-pyrrole nitrogens is 5. The van der Waals surface area contributed by atoms with Gasteiger partial charge in [-0.25, -0.2) is 82.7 Å². The molecule has 35 nitrogen and oxygen atoms in total. The normalized spacial score (nSPS) is 34.0. The molecule has 5 aliphatic heterocycles. The summed E-state index contributed by atoms with van der Waals surface area (Å²) in [6.45, 7) is -9.52. The number of aromatic amines is 5. The molecule has 15 heterocycles. The summed E-state index contributed by atoms with van der Waals surface area (Å²) in [6, 6.07) is -8.99. The topological polar surface area (TPSA) is 347 Å². The van der Waals surface area contributed by atoms with Gasteiger partial charge in [0.2, 0.25) is 0 Å². The summed E-state index contributed by atoms with van der Waals surface area (Å²) in [7, 11) is 3.67. The molecule has 10 atom stereocenters. The highest BCUT2D eigenvalue weighted by atomic mass is 16.2. The smallest absolute Gasteiger partial charge is 0.302 e. The number of aryl methyl sites for hydroxylation is 3. The van der Waals surface area contributed by atoms with E-state index in [-0.39, 0.29) is 127 Å². The van der Waals surface area contributed by atoms with Gasteiger partial charge in [-0.3, -0.25) is 24.0 Å². The lowest BCUT2D eigenvalue weighted by molar-refractivity contribution is -0.131. The van der Waals surface area contributed by atoms with Crippen LogP contribution in [0.5, 0.6) is 0 Å². The standard InChI is InChI=1S/3C17H22N6O.2C16H20N6O/c3*1-11-5-6-23(15(24)8-18-3)9-14(11)22(4)17-13-7-12(2)21-16(13)19-10-20-17;2*1-11-5-7-22(14(23)8-17-2)9-13(11)21(3)16-12-4-6-18-15(12)19-10-20-16/h3*7,10-11,14H,5-6,8-9H2,1-2,4H3,(H,19,20,21);2*4,6,10-11,13H,5,7-9H2,1,3H3,(H,18,19,20)/t3*11-,14+;2*11-,13+/m11111/s1/i1D3,4D3,5D2,6D2,7D,9D2,11D,14D;1D3,4D3,5D2,6D2,7D,9D2,14D;1D3,4D3,5D2,6D2,7D,9D2,11D;1D3,10D;10D. The van der Waals surface area contributed by atoms with E-state index in [4.69, 9.17) is 95.9 Å². The second-order valence-electron chi connectivity index (χ2n) is 26.1. The lowest BCUT2D eigenvalue weighted by Gasteiger charge is -2.41. The van der Waals surface area contributed by atoms with Crippen LogP contribution in [0.3, 0.4) is 0 Å². The van der Waals surface area contributed by atoms with Crippen LogP contribution < -0.4 is 24.5 Å². The Bertz CT molecular complexity index is 7720. The monoisotopic (exact) mass is 1650 g/mol. The zero-order valence-corrected chi connectivity index (χ0v) is 63.5. The quantitative estimate of drug-likeness (QED) is 0.0599. The fourth-order valence-corrected chi connectivity index (χ4v) is 12.5. The number of hydrogen-bond acceptors (Lipinski definition) is 20. The van der Waals surface area contributed by atoms with Gasteiger partial charge in [0.1, 0.15) is 91.7 Å². The van der Waals surface area contributed by atoms with Crippen molar-refractivity contribution in [1.82, 2.24) is 99.3 Å². The highest BCUT2D eigenvalue weighted by Gasteiger charge is 2.39. The molecule has 0 spiro atoms. The molecule has 5 saturated heterocycles. The molecule has 0 bridgehead atoms. The number of carbonyl (C=O) groups is 5. The zero-order chi connectivity index (χ0) is 126. The number of nitrogens with zero attached hydrogens (tertiary/aromatic N) is 25. The maximum absolute atomic E-state index is 12.9. The number of carbonyl (C=O) groups excluding carboxylic acids is 5. The van der Waals surface area contributed by atoms with E-state index < -0.39 is 230 Å². The number of aromatic nitrogens is 15. The summed E-state index contributed by atoms with van der Waals surface area (Å²) in [5.74, 6) is -18.4. The second-order valence-corrected chi connectivity index (χ2v) is 26.1. The average molecular weight is 1650 g/mol. The Hall–Kier alpha value is -13.1. The third-order valence-electron chi connectivity index (χ3n) is 18.4. The first-order chi connectivity index (χ1) is 75.6. The van der Waals surface area contributed by atoms with Gasteiger partial charge in [-0.1, -0.05) is 34.3 Å². The van der Waals surface area contributed by atoms with Crippen molar-refractivity contribution >= 4 is 114 Å². The highest BCUT2D eigenvalue weighted by Crippen LogP contribution is 2.36. The number of piperidine rings is 5. The van der Waals surface area contributed by atoms with Crippen LogP contribution >= 0.6 is 0 Å². The van der Waals surface area contributed by atoms with Crippen molar-refractivity contribution in [1.29, 1.82) is 0 Å². The van der Waals surface area contributed by atoms with E-state index in [0.717, 1.165) is 30.8 Å². The van der Waals surface area contributed by atoms with Crippen molar-refractivity contribution in [2.45, 2.75) is 117 Å². The van der Waals surface area contributed by atoms with Crippen LogP contribution in [0, 0.1) is 83.2 Å². The maximum Gasteiger partial charge on any atom is 0.302 e. The van der Waals surface area contributed by atoms with Gasteiger partial charge in [0, 0.05) is 178 Å². The first-order valence-corrected chi connectivity index (χ1v) is 35.2. The Morgan fingerprint density at radius 2 is 0.831 bits per heavy atom. The van der Waals surface area contributed by atoms with Crippen molar-refractivity contribution in [3.63, 3.8) is 0 Å². The molecule has 5 N–H and O–H groups in total. The summed E-state index contributed by atoms with van der Waals surface area (Å²) in [5, 5.41) is 0.418. The van der Waals surface area contributed by atoms with Gasteiger partial charge in [0.25, 0.3) is 32.7 Å². The second kappa shape index (κ2) is 39.0. The molecule has 618 valence electrons. The largest absolute Gasteiger partial charge is 0.354 e. The Labute approximate surface area is 755 Å². The Morgan fingerprint density at radius 3 is 1.26 bits per heavy atom. The van der Waals surface area contributed by atoms with Gasteiger partial charge in [-0.2, -0.15) is 0 Å². The van der Waals surface area contributed by atoms with E-state index >= 15 is 0 Å². The Morgan fingerprint density at radius 1 is 0.449 bits per heavy atom. The van der Waals surface area contributed by atoms with E-state index in [1.165, 1.54) is 20.8 Å². The third kappa shape index (κ3) is 19.7. The number of amides is 5. The average Bonchev–Trinajstić information content (AvgIpc) is 0.909. The van der Waals surface area contributed by atoms with Gasteiger partial charge >= 0.3 is 29.5 Å². The molecule has 5 amide bonds. The van der Waals surface area contributed by atoms with Crippen LogP contribution in [0.2, 0.25) is 0 Å². The summed E-state index contributed by atoms with van der Waals surface area (Å²) in [6.07, 6.45) is -5.09. The van der Waals surface area contributed by atoms with E-state index in [1.807, 2.05) is 18.0 Å². The third-order valence-corrected chi connectivity index (χ3v) is 18.4. The van der Waals surface area contributed by atoms with Gasteiger partial charge in [-0.05, 0) is 113 Å². The van der Waals surface area contributed by atoms with Crippen LogP contribution in [0.4, 0.5) is 29.1 Å². The fourth-order valence-electron chi connectivity index (χ4n) is 12.5. The first kappa shape index (κ1) is 42.7. The molecule has 0 aromatic carbocycles. The van der Waals surface area contributed by atoms with E-state index in [0.29, 0.717) is 60.3 Å².